The minimum Gasteiger partial charge on any atom is -0.490 e. The number of hydrogen-bond donors (Lipinski definition) is 0. The highest BCUT2D eigenvalue weighted by molar-refractivity contribution is 9.10. The fourth-order valence-corrected chi connectivity index (χ4v) is 5.45. The van der Waals surface area contributed by atoms with Crippen LogP contribution in [0.1, 0.15) is 53.5 Å². The first-order valence-electron chi connectivity index (χ1n) is 10.9. The van der Waals surface area contributed by atoms with Crippen molar-refractivity contribution in [2.24, 2.45) is 4.99 Å². The maximum atomic E-state index is 13.1. The van der Waals surface area contributed by atoms with Crippen molar-refractivity contribution in [3.8, 4) is 5.75 Å². The Kier molecular flexibility index (Phi) is 4.51. The molecule has 3 aliphatic heterocycles. The van der Waals surface area contributed by atoms with Gasteiger partial charge in [0.15, 0.2) is 16.7 Å². The number of aliphatic imine (C=N–C) groups is 1. The molecule has 10 heteroatoms. The summed E-state index contributed by atoms with van der Waals surface area (Å²) < 4.78 is 30.3. The molecule has 178 valence electrons. The summed E-state index contributed by atoms with van der Waals surface area (Å²) >= 11 is 3.52. The number of amidine groups is 1. The zero-order valence-electron chi connectivity index (χ0n) is 19.5. The first kappa shape index (κ1) is 22.5. The molecule has 0 radical (unpaired) electrons. The molecule has 0 aromatic heterocycles. The molecule has 9 nitrogen and oxygen atoms in total. The molecule has 3 atom stereocenters. The molecule has 33 heavy (non-hydrogen) atoms. The van der Waals surface area contributed by atoms with E-state index in [-0.39, 0.29) is 12.6 Å². The first-order valence-corrected chi connectivity index (χ1v) is 11.7. The van der Waals surface area contributed by atoms with Crippen LogP contribution in [-0.2, 0) is 24.5 Å². The van der Waals surface area contributed by atoms with Crippen LogP contribution in [0.2, 0.25) is 0 Å². The summed E-state index contributed by atoms with van der Waals surface area (Å²) in [5.74, 6) is 0.663. The molecule has 3 spiro atoms. The van der Waals surface area contributed by atoms with E-state index in [0.717, 1.165) is 14.9 Å². The quantitative estimate of drug-likeness (QED) is 0.494. The molecule has 0 bridgehead atoms. The van der Waals surface area contributed by atoms with E-state index in [1.54, 1.807) is 41.5 Å². The van der Waals surface area contributed by atoms with Crippen molar-refractivity contribution in [1.29, 1.82) is 0 Å². The van der Waals surface area contributed by atoms with Crippen LogP contribution in [-0.4, -0.2) is 58.7 Å². The molecular weight excluding hydrogens is 496 g/mol. The molecule has 3 unspecified atom stereocenters. The lowest BCUT2D eigenvalue weighted by Crippen LogP contribution is -2.49. The second-order valence-electron chi connectivity index (χ2n) is 10.7. The van der Waals surface area contributed by atoms with Gasteiger partial charge in [-0.05, 0) is 59.7 Å². The number of halogens is 1. The van der Waals surface area contributed by atoms with Gasteiger partial charge in [0, 0.05) is 16.5 Å². The van der Waals surface area contributed by atoms with Gasteiger partial charge in [-0.3, -0.25) is 0 Å². The summed E-state index contributed by atoms with van der Waals surface area (Å²) in [5.41, 5.74) is -3.54. The average molecular weight is 523 g/mol. The Morgan fingerprint density at radius 1 is 1.06 bits per heavy atom. The Balaban J connectivity index is 1.61. The van der Waals surface area contributed by atoms with Gasteiger partial charge in [-0.25, -0.2) is 14.6 Å². The fourth-order valence-electron chi connectivity index (χ4n) is 5.09. The van der Waals surface area contributed by atoms with E-state index < -0.39 is 40.1 Å². The third-order valence-corrected chi connectivity index (χ3v) is 6.69. The Bertz CT molecular complexity index is 1060. The van der Waals surface area contributed by atoms with Crippen LogP contribution < -0.4 is 4.74 Å². The van der Waals surface area contributed by atoms with Crippen LogP contribution in [0.4, 0.5) is 9.59 Å². The van der Waals surface area contributed by atoms with Crippen LogP contribution in [0, 0.1) is 0 Å². The number of benzene rings is 1. The smallest absolute Gasteiger partial charge is 0.428 e. The van der Waals surface area contributed by atoms with E-state index in [2.05, 4.69) is 15.9 Å². The first-order chi connectivity index (χ1) is 15.3. The Morgan fingerprint density at radius 3 is 2.30 bits per heavy atom. The van der Waals surface area contributed by atoms with Crippen LogP contribution in [0.3, 0.4) is 0 Å². The Morgan fingerprint density at radius 2 is 1.70 bits per heavy atom. The summed E-state index contributed by atoms with van der Waals surface area (Å²) in [6.07, 6.45) is -1.31. The lowest BCUT2D eigenvalue weighted by molar-refractivity contribution is -0.0213. The summed E-state index contributed by atoms with van der Waals surface area (Å²) in [6, 6.07) is 5.50. The fraction of sp³-hybridized carbons (Fsp3) is 0.609. The molecular formula is C23H27BrN2O7. The van der Waals surface area contributed by atoms with Gasteiger partial charge in [-0.1, -0.05) is 15.9 Å². The summed E-state index contributed by atoms with van der Waals surface area (Å²) in [6.45, 7) is 11.0. The van der Waals surface area contributed by atoms with Gasteiger partial charge in [0.1, 0.15) is 23.6 Å². The molecule has 2 amide bonds. The number of carbonyl (C=O) groups excluding carboxylic acids is 2. The van der Waals surface area contributed by atoms with E-state index in [1.807, 2.05) is 18.2 Å². The van der Waals surface area contributed by atoms with E-state index >= 15 is 0 Å². The van der Waals surface area contributed by atoms with Crippen LogP contribution >= 0.6 is 15.9 Å². The molecule has 0 N–H and O–H groups in total. The normalized spacial score (nSPS) is 31.1. The van der Waals surface area contributed by atoms with Gasteiger partial charge in [0.05, 0.1) is 6.61 Å². The van der Waals surface area contributed by atoms with E-state index in [9.17, 15) is 9.59 Å². The molecule has 1 saturated heterocycles. The van der Waals surface area contributed by atoms with Crippen molar-refractivity contribution >= 4 is 34.1 Å². The number of fused-ring (bicyclic) bond motifs is 1. The van der Waals surface area contributed by atoms with E-state index in [1.165, 1.54) is 0 Å². The number of nitrogens with zero attached hydrogens (tertiary/aromatic N) is 2. The highest BCUT2D eigenvalue weighted by atomic mass is 79.9. The molecule has 1 aliphatic carbocycles. The second kappa shape index (κ2) is 6.63. The van der Waals surface area contributed by atoms with Crippen molar-refractivity contribution in [3.05, 3.63) is 28.2 Å². The maximum Gasteiger partial charge on any atom is 0.428 e. The third kappa shape index (κ3) is 2.96. The highest BCUT2D eigenvalue weighted by Gasteiger charge is 2.99. The second-order valence-corrected chi connectivity index (χ2v) is 11.6. The summed E-state index contributed by atoms with van der Waals surface area (Å²) in [7, 11) is 0. The number of amides is 2. The number of hydrogen-bond acceptors (Lipinski definition) is 8. The molecule has 3 heterocycles. The topological polar surface area (TPSA) is 95.9 Å². The van der Waals surface area contributed by atoms with Gasteiger partial charge in [0.2, 0.25) is 0 Å². The van der Waals surface area contributed by atoms with Gasteiger partial charge >= 0.3 is 18.2 Å². The van der Waals surface area contributed by atoms with E-state index in [4.69, 9.17) is 28.7 Å². The minimum atomic E-state index is -0.937. The molecule has 1 saturated carbocycles. The number of imide groups is 1. The molecule has 1 aromatic carbocycles. The van der Waals surface area contributed by atoms with Crippen molar-refractivity contribution in [2.45, 2.75) is 75.9 Å². The molecule has 2 fully saturated rings. The summed E-state index contributed by atoms with van der Waals surface area (Å²) in [4.78, 5) is 31.8. The Hall–Kier alpha value is -2.33. The van der Waals surface area contributed by atoms with Crippen LogP contribution in [0.15, 0.2) is 27.7 Å². The molecule has 4 aliphatic rings. The summed E-state index contributed by atoms with van der Waals surface area (Å²) in [5, 5.41) is 0. The zero-order valence-corrected chi connectivity index (χ0v) is 21.1. The van der Waals surface area contributed by atoms with Crippen molar-refractivity contribution in [1.82, 2.24) is 4.90 Å². The van der Waals surface area contributed by atoms with Crippen molar-refractivity contribution < 1.29 is 33.3 Å². The van der Waals surface area contributed by atoms with Gasteiger partial charge in [0.25, 0.3) is 0 Å². The van der Waals surface area contributed by atoms with Gasteiger partial charge in [-0.15, -0.1) is 4.90 Å². The van der Waals surface area contributed by atoms with Crippen LogP contribution in [0.5, 0.6) is 5.75 Å². The monoisotopic (exact) mass is 522 g/mol. The Labute approximate surface area is 200 Å². The number of ether oxygens (including phenoxy) is 5. The lowest BCUT2D eigenvalue weighted by atomic mass is 9.96. The largest absolute Gasteiger partial charge is 0.490 e. The third-order valence-electron chi connectivity index (χ3n) is 6.20. The van der Waals surface area contributed by atoms with E-state index in [0.29, 0.717) is 18.8 Å². The minimum absolute atomic E-state index is 0.160. The van der Waals surface area contributed by atoms with Gasteiger partial charge in [-0.2, -0.15) is 0 Å². The lowest BCUT2D eigenvalue weighted by Gasteiger charge is -2.31. The molecule has 1 aromatic rings. The standard InChI is InChI=1S/C23H27BrN2O7/c1-19(2,3)32-17(27)26(18(28)33-20(4,5)6)16-25-23-14-11-13(24)7-8-15(14)29-12-22(23)21(23,31-16)9-10-30-22/h7-8,11H,9-10,12H2,1-6H3. The number of rotatable bonds is 0. The molecule has 5 rings (SSSR count). The predicted octanol–water partition coefficient (Wildman–Crippen LogP) is 4.51. The SMILES string of the molecule is CC(C)(C)OC(=O)N(C(=O)OC(C)(C)C)C1=NC23c4cc(Br)ccc4OCC24OCCC43O1. The van der Waals surface area contributed by atoms with Crippen molar-refractivity contribution in [2.75, 3.05) is 13.2 Å². The predicted molar refractivity (Wildman–Crippen MR) is 120 cm³/mol. The highest BCUT2D eigenvalue weighted by Crippen LogP contribution is 2.79. The van der Waals surface area contributed by atoms with Crippen LogP contribution in [0.25, 0.3) is 0 Å². The maximum absolute atomic E-state index is 13.1. The number of carbonyl (C=O) groups is 2. The van der Waals surface area contributed by atoms with Crippen molar-refractivity contribution in [3.63, 3.8) is 0 Å². The zero-order chi connectivity index (χ0) is 24.0. The van der Waals surface area contributed by atoms with Gasteiger partial charge < -0.3 is 23.7 Å². The average Bonchev–Trinajstić information content (AvgIpc) is 2.95.